The van der Waals surface area contributed by atoms with Crippen LogP contribution in [0.3, 0.4) is 0 Å². The van der Waals surface area contributed by atoms with Crippen LogP contribution in [0.25, 0.3) is 0 Å². The summed E-state index contributed by atoms with van der Waals surface area (Å²) in [6, 6.07) is 0. The maximum atomic E-state index is 12.0. The summed E-state index contributed by atoms with van der Waals surface area (Å²) in [5.41, 5.74) is -0.0666. The molecule has 2 fully saturated rings. The van der Waals surface area contributed by atoms with Crippen molar-refractivity contribution in [2.24, 2.45) is 5.92 Å². The van der Waals surface area contributed by atoms with E-state index in [-0.39, 0.29) is 24.3 Å². The van der Waals surface area contributed by atoms with Crippen molar-refractivity contribution in [1.82, 2.24) is 0 Å². The summed E-state index contributed by atoms with van der Waals surface area (Å²) >= 11 is 0. The van der Waals surface area contributed by atoms with Crippen molar-refractivity contribution < 1.29 is 24.5 Å². The molecule has 25 heavy (non-hydrogen) atoms. The van der Waals surface area contributed by atoms with Gasteiger partial charge in [0, 0.05) is 12.0 Å². The predicted octanol–water partition coefficient (Wildman–Crippen LogP) is 2.88. The van der Waals surface area contributed by atoms with Crippen LogP contribution in [0, 0.1) is 5.92 Å². The van der Waals surface area contributed by atoms with Crippen molar-refractivity contribution in [3.63, 3.8) is 0 Å². The predicted molar refractivity (Wildman–Crippen MR) is 94.0 cm³/mol. The molecule has 3 aliphatic heterocycles. The van der Waals surface area contributed by atoms with Crippen LogP contribution >= 0.6 is 0 Å². The lowest BCUT2D eigenvalue weighted by Gasteiger charge is -2.44. The van der Waals surface area contributed by atoms with Crippen LogP contribution in [-0.2, 0) is 14.3 Å². The van der Waals surface area contributed by atoms with E-state index < -0.39 is 11.2 Å². The summed E-state index contributed by atoms with van der Waals surface area (Å²) in [5.74, 6) is 0.103. The molecular formula is C20H32O5. The van der Waals surface area contributed by atoms with Crippen LogP contribution < -0.4 is 0 Å². The Morgan fingerprint density at radius 1 is 1.12 bits per heavy atom. The molecule has 0 spiro atoms. The average Bonchev–Trinajstić information content (AvgIpc) is 2.76. The molecule has 3 heterocycles. The minimum atomic E-state index is -0.960. The number of hydrogen-bond donors (Lipinski definition) is 2. The zero-order chi connectivity index (χ0) is 18.4. The summed E-state index contributed by atoms with van der Waals surface area (Å²) in [7, 11) is 0. The van der Waals surface area contributed by atoms with Crippen LogP contribution in [0.4, 0.5) is 0 Å². The Morgan fingerprint density at radius 2 is 1.84 bits per heavy atom. The van der Waals surface area contributed by atoms with Gasteiger partial charge in [-0.2, -0.15) is 0 Å². The lowest BCUT2D eigenvalue weighted by atomic mass is 9.78. The molecule has 0 saturated carbocycles. The molecule has 0 amide bonds. The SMILES string of the molecule is CC1=C2CC[C@@H](C)[C@H]3CC[C@](C)(O)[C@H](CC[C@](C)(O)C[C@@H]2OC1=O)O3. The molecule has 0 aromatic rings. The molecule has 2 saturated heterocycles. The molecule has 5 nitrogen and oxygen atoms in total. The van der Waals surface area contributed by atoms with Crippen molar-refractivity contribution in [3.8, 4) is 0 Å². The topological polar surface area (TPSA) is 76.0 Å². The van der Waals surface area contributed by atoms with Gasteiger partial charge in [-0.1, -0.05) is 6.92 Å². The van der Waals surface area contributed by atoms with Crippen molar-refractivity contribution in [2.45, 2.75) is 102 Å². The minimum absolute atomic E-state index is 0.118. The Bertz CT molecular complexity index is 562. The van der Waals surface area contributed by atoms with Gasteiger partial charge in [0.2, 0.25) is 0 Å². The molecule has 2 bridgehead atoms. The van der Waals surface area contributed by atoms with Gasteiger partial charge in [0.25, 0.3) is 0 Å². The van der Waals surface area contributed by atoms with Gasteiger partial charge in [-0.05, 0) is 70.8 Å². The highest BCUT2D eigenvalue weighted by Crippen LogP contribution is 2.40. The van der Waals surface area contributed by atoms with Crippen LogP contribution in [0.5, 0.6) is 0 Å². The number of esters is 1. The Kier molecular flexibility index (Phi) is 5.04. The van der Waals surface area contributed by atoms with Gasteiger partial charge in [-0.3, -0.25) is 0 Å². The molecule has 6 atom stereocenters. The van der Waals surface area contributed by atoms with Gasteiger partial charge in [-0.15, -0.1) is 0 Å². The fraction of sp³-hybridized carbons (Fsp3) is 0.850. The van der Waals surface area contributed by atoms with E-state index in [1.165, 1.54) is 0 Å². The number of hydrogen-bond acceptors (Lipinski definition) is 5. The van der Waals surface area contributed by atoms with E-state index in [2.05, 4.69) is 6.92 Å². The van der Waals surface area contributed by atoms with Crippen molar-refractivity contribution in [3.05, 3.63) is 11.1 Å². The van der Waals surface area contributed by atoms with E-state index >= 15 is 0 Å². The highest BCUT2D eigenvalue weighted by atomic mass is 16.5. The van der Waals surface area contributed by atoms with Gasteiger partial charge in [0.15, 0.2) is 0 Å². The fourth-order valence-electron chi connectivity index (χ4n) is 4.51. The van der Waals surface area contributed by atoms with Gasteiger partial charge in [0.05, 0.1) is 23.4 Å². The van der Waals surface area contributed by atoms with Crippen LogP contribution in [0.2, 0.25) is 0 Å². The number of carbonyl (C=O) groups is 1. The third-order valence-electron chi connectivity index (χ3n) is 6.47. The van der Waals surface area contributed by atoms with E-state index in [4.69, 9.17) is 9.47 Å². The summed E-state index contributed by atoms with van der Waals surface area (Å²) in [6.07, 6.45) is 4.32. The van der Waals surface area contributed by atoms with Crippen LogP contribution in [0.15, 0.2) is 11.1 Å². The second-order valence-corrected chi connectivity index (χ2v) is 8.86. The number of rotatable bonds is 0. The number of ether oxygens (including phenoxy) is 2. The van der Waals surface area contributed by atoms with E-state index in [0.29, 0.717) is 30.8 Å². The van der Waals surface area contributed by atoms with Gasteiger partial charge in [0.1, 0.15) is 6.10 Å². The largest absolute Gasteiger partial charge is 0.454 e. The number of fused-ring (bicyclic) bond motifs is 3. The molecule has 0 aliphatic carbocycles. The molecule has 0 aromatic heterocycles. The Balaban J connectivity index is 1.85. The third-order valence-corrected chi connectivity index (χ3v) is 6.47. The molecule has 3 rings (SSSR count). The Morgan fingerprint density at radius 3 is 2.56 bits per heavy atom. The minimum Gasteiger partial charge on any atom is -0.454 e. The molecular weight excluding hydrogens is 320 g/mol. The summed E-state index contributed by atoms with van der Waals surface area (Å²) in [4.78, 5) is 12.0. The maximum Gasteiger partial charge on any atom is 0.334 e. The zero-order valence-corrected chi connectivity index (χ0v) is 15.9. The van der Waals surface area contributed by atoms with Crippen LogP contribution in [-0.4, -0.2) is 45.7 Å². The fourth-order valence-corrected chi connectivity index (χ4v) is 4.51. The van der Waals surface area contributed by atoms with E-state index in [0.717, 1.165) is 31.3 Å². The zero-order valence-electron chi connectivity index (χ0n) is 15.9. The lowest BCUT2D eigenvalue weighted by Crippen LogP contribution is -2.50. The first kappa shape index (κ1) is 18.9. The molecule has 0 radical (unpaired) electrons. The second-order valence-electron chi connectivity index (χ2n) is 8.86. The molecule has 2 N–H and O–H groups in total. The Hall–Kier alpha value is -0.910. The normalized spacial score (nSPS) is 46.1. The first-order valence-corrected chi connectivity index (χ1v) is 9.60. The van der Waals surface area contributed by atoms with E-state index in [1.807, 2.05) is 13.8 Å². The van der Waals surface area contributed by atoms with Crippen molar-refractivity contribution in [2.75, 3.05) is 0 Å². The standard InChI is InChI=1S/C20H32O5/c1-12-5-6-14-13(2)18(21)25-16(14)11-19(3,22)9-8-17-20(4,23)10-7-15(12)24-17/h12,15-17,22-23H,5-11H2,1-4H3/t12-,15-,16+,17+,19+,20+/m1/s1. The summed E-state index contributed by atoms with van der Waals surface area (Å²) in [5, 5.41) is 21.5. The molecule has 5 heteroatoms. The quantitative estimate of drug-likeness (QED) is 0.656. The number of carbonyl (C=O) groups excluding carboxylic acids is 1. The third kappa shape index (κ3) is 3.93. The van der Waals surface area contributed by atoms with Gasteiger partial charge < -0.3 is 19.7 Å². The van der Waals surface area contributed by atoms with Crippen molar-refractivity contribution in [1.29, 1.82) is 0 Å². The van der Waals surface area contributed by atoms with Gasteiger partial charge >= 0.3 is 5.97 Å². The number of aliphatic hydroxyl groups is 2. The van der Waals surface area contributed by atoms with Crippen LogP contribution in [0.1, 0.15) is 72.6 Å². The maximum absolute atomic E-state index is 12.0. The molecule has 142 valence electrons. The second kappa shape index (κ2) is 6.67. The van der Waals surface area contributed by atoms with Crippen molar-refractivity contribution >= 4 is 5.97 Å². The smallest absolute Gasteiger partial charge is 0.334 e. The highest BCUT2D eigenvalue weighted by Gasteiger charge is 2.43. The summed E-state index contributed by atoms with van der Waals surface area (Å²) in [6.45, 7) is 7.64. The van der Waals surface area contributed by atoms with E-state index in [9.17, 15) is 15.0 Å². The monoisotopic (exact) mass is 352 g/mol. The first-order chi connectivity index (χ1) is 11.6. The highest BCUT2D eigenvalue weighted by molar-refractivity contribution is 5.91. The Labute approximate surface area is 150 Å². The first-order valence-electron chi connectivity index (χ1n) is 9.60. The molecule has 0 unspecified atom stereocenters. The molecule has 0 aromatic carbocycles. The van der Waals surface area contributed by atoms with Gasteiger partial charge in [-0.25, -0.2) is 4.79 Å². The lowest BCUT2D eigenvalue weighted by molar-refractivity contribution is -0.186. The molecule has 3 aliphatic rings. The summed E-state index contributed by atoms with van der Waals surface area (Å²) < 4.78 is 11.8. The average molecular weight is 352 g/mol. The van der Waals surface area contributed by atoms with E-state index in [1.54, 1.807) is 6.92 Å².